The first-order chi connectivity index (χ1) is 4.93. The van der Waals surface area contributed by atoms with E-state index in [4.69, 9.17) is 4.74 Å². The minimum Gasteiger partial charge on any atom is -0.479 e. The zero-order valence-electron chi connectivity index (χ0n) is 7.10. The van der Waals surface area contributed by atoms with Crippen LogP contribution in [0.15, 0.2) is 24.0 Å². The minimum atomic E-state index is -0.686. The molecule has 1 rings (SSSR count). The fraction of sp³-hybridized carbons (Fsp3) is 0.444. The fourth-order valence-electron chi connectivity index (χ4n) is 0.858. The maximum absolute atomic E-state index is 11.2. The largest absolute Gasteiger partial charge is 0.479 e. The zero-order valence-corrected chi connectivity index (χ0v) is 7.10. The minimum absolute atomic E-state index is 0.00972. The van der Waals surface area contributed by atoms with Crippen molar-refractivity contribution in [1.82, 2.24) is 0 Å². The molecule has 0 aromatic carbocycles. The summed E-state index contributed by atoms with van der Waals surface area (Å²) in [4.78, 5) is 11.2. The number of hydrogen-bond acceptors (Lipinski definition) is 2. The van der Waals surface area contributed by atoms with E-state index in [0.29, 0.717) is 5.76 Å². The molecule has 0 amide bonds. The molecule has 0 aromatic heterocycles. The zero-order chi connectivity index (χ0) is 8.65. The topological polar surface area (TPSA) is 26.3 Å². The van der Waals surface area contributed by atoms with Gasteiger partial charge in [0.15, 0.2) is 5.60 Å². The molecule has 0 unspecified atom stereocenters. The van der Waals surface area contributed by atoms with Gasteiger partial charge in [-0.15, -0.1) is 0 Å². The van der Waals surface area contributed by atoms with Gasteiger partial charge in [0.25, 0.3) is 0 Å². The van der Waals surface area contributed by atoms with Crippen molar-refractivity contribution in [3.8, 4) is 0 Å². The van der Waals surface area contributed by atoms with Crippen molar-refractivity contribution in [3.05, 3.63) is 24.0 Å². The highest BCUT2D eigenvalue weighted by atomic mass is 16.5. The first-order valence-corrected chi connectivity index (χ1v) is 3.54. The quantitative estimate of drug-likeness (QED) is 0.573. The highest BCUT2D eigenvalue weighted by Gasteiger charge is 2.34. The molecule has 0 fully saturated rings. The molecule has 11 heavy (non-hydrogen) atoms. The Bertz CT molecular complexity index is 246. The van der Waals surface area contributed by atoms with E-state index >= 15 is 0 Å². The molecule has 0 aliphatic carbocycles. The number of carbonyl (C=O) groups is 1. The van der Waals surface area contributed by atoms with Gasteiger partial charge in [-0.05, 0) is 26.3 Å². The molecule has 0 radical (unpaired) electrons. The monoisotopic (exact) mass is 152 g/mol. The van der Waals surface area contributed by atoms with Gasteiger partial charge < -0.3 is 4.74 Å². The van der Waals surface area contributed by atoms with Crippen LogP contribution in [0.5, 0.6) is 0 Å². The van der Waals surface area contributed by atoms with E-state index in [9.17, 15) is 4.79 Å². The number of hydrogen-bond donors (Lipinski definition) is 0. The molecule has 1 aliphatic heterocycles. The number of ether oxygens (including phenoxy) is 1. The van der Waals surface area contributed by atoms with Crippen LogP contribution >= 0.6 is 0 Å². The third-order valence-electron chi connectivity index (χ3n) is 1.64. The van der Waals surface area contributed by atoms with E-state index in [1.165, 1.54) is 6.08 Å². The molecule has 2 heteroatoms. The standard InChI is InChI=1S/C9H12O2/c1-6(2)7-5-8(10)9(3,4)11-7/h5H,1H2,2-4H3. The van der Waals surface area contributed by atoms with Gasteiger partial charge in [-0.3, -0.25) is 4.79 Å². The summed E-state index contributed by atoms with van der Waals surface area (Å²) in [6.45, 7) is 9.02. The Hall–Kier alpha value is -1.05. The lowest BCUT2D eigenvalue weighted by Crippen LogP contribution is -2.27. The Kier molecular flexibility index (Phi) is 1.63. The van der Waals surface area contributed by atoms with Crippen molar-refractivity contribution in [2.75, 3.05) is 0 Å². The Morgan fingerprint density at radius 3 is 2.36 bits per heavy atom. The Balaban J connectivity index is 2.88. The fourth-order valence-corrected chi connectivity index (χ4v) is 0.858. The summed E-state index contributed by atoms with van der Waals surface area (Å²) in [6.07, 6.45) is 1.50. The molecule has 0 spiro atoms. The Labute approximate surface area is 66.5 Å². The van der Waals surface area contributed by atoms with Crippen LogP contribution in [0.25, 0.3) is 0 Å². The van der Waals surface area contributed by atoms with Gasteiger partial charge in [0.2, 0.25) is 5.78 Å². The highest BCUT2D eigenvalue weighted by molar-refractivity contribution is 5.99. The van der Waals surface area contributed by atoms with Crippen LogP contribution in [-0.4, -0.2) is 11.4 Å². The molecule has 1 aliphatic rings. The van der Waals surface area contributed by atoms with E-state index in [2.05, 4.69) is 6.58 Å². The van der Waals surface area contributed by atoms with Crippen molar-refractivity contribution < 1.29 is 9.53 Å². The maximum atomic E-state index is 11.2. The molecular formula is C9H12O2. The van der Waals surface area contributed by atoms with E-state index in [-0.39, 0.29) is 5.78 Å². The smallest absolute Gasteiger partial charge is 0.202 e. The predicted molar refractivity (Wildman–Crippen MR) is 43.1 cm³/mol. The summed E-state index contributed by atoms with van der Waals surface area (Å²) in [5, 5.41) is 0. The van der Waals surface area contributed by atoms with Crippen LogP contribution in [0.2, 0.25) is 0 Å². The maximum Gasteiger partial charge on any atom is 0.202 e. The van der Waals surface area contributed by atoms with Crippen molar-refractivity contribution in [2.24, 2.45) is 0 Å². The van der Waals surface area contributed by atoms with Crippen molar-refractivity contribution in [1.29, 1.82) is 0 Å². The second-order valence-corrected chi connectivity index (χ2v) is 3.27. The molecule has 0 atom stereocenters. The van der Waals surface area contributed by atoms with Crippen LogP contribution in [0.4, 0.5) is 0 Å². The normalized spacial score (nSPS) is 21.0. The average Bonchev–Trinajstić information content (AvgIpc) is 2.08. The molecule has 0 bridgehead atoms. The lowest BCUT2D eigenvalue weighted by atomic mass is 10.1. The number of rotatable bonds is 1. The van der Waals surface area contributed by atoms with Crippen LogP contribution in [0.1, 0.15) is 20.8 Å². The predicted octanol–water partition coefficient (Wildman–Crippen LogP) is 1.82. The first-order valence-electron chi connectivity index (χ1n) is 3.54. The van der Waals surface area contributed by atoms with Gasteiger partial charge in [-0.1, -0.05) is 6.58 Å². The Morgan fingerprint density at radius 1 is 1.64 bits per heavy atom. The van der Waals surface area contributed by atoms with E-state index in [1.807, 2.05) is 6.92 Å². The van der Waals surface area contributed by atoms with Crippen LogP contribution < -0.4 is 0 Å². The Morgan fingerprint density at radius 2 is 2.18 bits per heavy atom. The lowest BCUT2D eigenvalue weighted by molar-refractivity contribution is -0.126. The molecule has 0 saturated carbocycles. The molecule has 0 N–H and O–H groups in total. The molecule has 1 heterocycles. The SMILES string of the molecule is C=C(C)C1=CC(=O)C(C)(C)O1. The van der Waals surface area contributed by atoms with Crippen molar-refractivity contribution in [2.45, 2.75) is 26.4 Å². The second kappa shape index (κ2) is 2.22. The van der Waals surface area contributed by atoms with E-state index in [0.717, 1.165) is 5.57 Å². The molecule has 0 aromatic rings. The molecular weight excluding hydrogens is 140 g/mol. The number of carbonyl (C=O) groups excluding carboxylic acids is 1. The summed E-state index contributed by atoms with van der Waals surface area (Å²) < 4.78 is 5.33. The van der Waals surface area contributed by atoms with Gasteiger partial charge in [-0.25, -0.2) is 0 Å². The molecule has 2 nitrogen and oxygen atoms in total. The van der Waals surface area contributed by atoms with Crippen LogP contribution in [0.3, 0.4) is 0 Å². The highest BCUT2D eigenvalue weighted by Crippen LogP contribution is 2.27. The average molecular weight is 152 g/mol. The van der Waals surface area contributed by atoms with Gasteiger partial charge in [0, 0.05) is 6.08 Å². The van der Waals surface area contributed by atoms with Crippen molar-refractivity contribution >= 4 is 5.78 Å². The van der Waals surface area contributed by atoms with E-state index in [1.54, 1.807) is 13.8 Å². The van der Waals surface area contributed by atoms with Gasteiger partial charge in [-0.2, -0.15) is 0 Å². The third kappa shape index (κ3) is 1.34. The second-order valence-electron chi connectivity index (χ2n) is 3.27. The van der Waals surface area contributed by atoms with Crippen molar-refractivity contribution in [3.63, 3.8) is 0 Å². The summed E-state index contributed by atoms with van der Waals surface area (Å²) in [5.41, 5.74) is 0.109. The van der Waals surface area contributed by atoms with Crippen LogP contribution in [0, 0.1) is 0 Å². The molecule has 0 saturated heterocycles. The number of allylic oxidation sites excluding steroid dienone is 1. The van der Waals surface area contributed by atoms with E-state index < -0.39 is 5.60 Å². The first kappa shape index (κ1) is 8.05. The van der Waals surface area contributed by atoms with Gasteiger partial charge >= 0.3 is 0 Å². The van der Waals surface area contributed by atoms with Gasteiger partial charge in [0.1, 0.15) is 5.76 Å². The summed E-state index contributed by atoms with van der Waals surface area (Å²) >= 11 is 0. The summed E-state index contributed by atoms with van der Waals surface area (Å²) in [6, 6.07) is 0. The summed E-state index contributed by atoms with van der Waals surface area (Å²) in [7, 11) is 0. The van der Waals surface area contributed by atoms with Crippen LogP contribution in [-0.2, 0) is 9.53 Å². The molecule has 60 valence electrons. The third-order valence-corrected chi connectivity index (χ3v) is 1.64. The lowest BCUT2D eigenvalue weighted by Gasteiger charge is -2.17. The summed E-state index contributed by atoms with van der Waals surface area (Å²) in [5.74, 6) is 0.621. The van der Waals surface area contributed by atoms with Gasteiger partial charge in [0.05, 0.1) is 0 Å². The number of ketones is 1.